The Balaban J connectivity index is 1.63. The Hall–Kier alpha value is -2.14. The van der Waals surface area contributed by atoms with Crippen molar-refractivity contribution in [2.24, 2.45) is 0 Å². The fourth-order valence-electron chi connectivity index (χ4n) is 3.33. The smallest absolute Gasteiger partial charge is 0.307 e. The summed E-state index contributed by atoms with van der Waals surface area (Å²) in [6.07, 6.45) is 9.49. The molecule has 0 saturated carbocycles. The molecule has 2 heterocycles. The maximum Gasteiger partial charge on any atom is 0.307 e. The van der Waals surface area contributed by atoms with Gasteiger partial charge in [-0.2, -0.15) is 0 Å². The Morgan fingerprint density at radius 2 is 2.12 bits per heavy atom. The number of carbonyl (C=O) groups is 1. The summed E-state index contributed by atoms with van der Waals surface area (Å²) in [5, 5.41) is 0. The molecule has 0 aliphatic carbocycles. The van der Waals surface area contributed by atoms with Gasteiger partial charge in [0.2, 0.25) is 0 Å². The number of hydrogen-bond donors (Lipinski definition) is 0. The van der Waals surface area contributed by atoms with Crippen molar-refractivity contribution in [1.29, 1.82) is 0 Å². The number of likely N-dealkylation sites (tertiary alicyclic amines) is 1. The number of imidazole rings is 1. The molecule has 0 amide bonds. The molecule has 0 bridgehead atoms. The van der Waals surface area contributed by atoms with E-state index >= 15 is 0 Å². The van der Waals surface area contributed by atoms with Gasteiger partial charge in [0.05, 0.1) is 19.4 Å². The van der Waals surface area contributed by atoms with Crippen molar-refractivity contribution in [2.75, 3.05) is 13.2 Å². The van der Waals surface area contributed by atoms with E-state index < -0.39 is 0 Å². The fraction of sp³-hybridized carbons (Fsp3) is 0.474. The maximum atomic E-state index is 11.8. The Bertz CT molecular complexity index is 637. The normalized spacial score (nSPS) is 18.5. The first-order chi connectivity index (χ1) is 11.8. The molecule has 128 valence electrons. The molecule has 3 rings (SSSR count). The van der Waals surface area contributed by atoms with Gasteiger partial charge >= 0.3 is 5.97 Å². The summed E-state index contributed by atoms with van der Waals surface area (Å²) >= 11 is 0. The van der Waals surface area contributed by atoms with Crippen LogP contribution in [0.15, 0.2) is 43.0 Å². The highest BCUT2D eigenvalue weighted by Crippen LogP contribution is 2.23. The zero-order valence-electron chi connectivity index (χ0n) is 14.2. The molecule has 5 heteroatoms. The van der Waals surface area contributed by atoms with Gasteiger partial charge in [-0.05, 0) is 44.0 Å². The molecule has 0 N–H and O–H groups in total. The zero-order valence-corrected chi connectivity index (χ0v) is 14.2. The molecule has 5 nitrogen and oxygen atoms in total. The lowest BCUT2D eigenvalue weighted by molar-refractivity contribution is -0.145. The summed E-state index contributed by atoms with van der Waals surface area (Å²) in [7, 11) is 0. The molecule has 1 aromatic carbocycles. The molecular weight excluding hydrogens is 302 g/mol. The number of nitrogens with zero attached hydrogens (tertiary/aromatic N) is 3. The number of hydrogen-bond acceptors (Lipinski definition) is 4. The van der Waals surface area contributed by atoms with Crippen LogP contribution in [0.1, 0.15) is 38.2 Å². The number of rotatable bonds is 6. The summed E-state index contributed by atoms with van der Waals surface area (Å²) in [5.74, 6) is -0.0788. The van der Waals surface area contributed by atoms with Crippen molar-refractivity contribution in [3.8, 4) is 5.69 Å². The molecule has 0 spiro atoms. The third-order valence-electron chi connectivity index (χ3n) is 4.58. The van der Waals surface area contributed by atoms with E-state index in [4.69, 9.17) is 4.74 Å². The second kappa shape index (κ2) is 8.11. The zero-order chi connectivity index (χ0) is 16.8. The van der Waals surface area contributed by atoms with Crippen molar-refractivity contribution in [3.63, 3.8) is 0 Å². The standard InChI is InChI=1S/C19H25N3O2/c1-2-24-19(23)13-18-5-3-4-11-21(18)14-16-6-8-17(9-7-16)22-12-10-20-15-22/h6-10,12,15,18H,2-5,11,13-14H2,1H3/t18-/m0/s1. The largest absolute Gasteiger partial charge is 0.466 e. The van der Waals surface area contributed by atoms with Crippen molar-refractivity contribution in [1.82, 2.24) is 14.5 Å². The molecule has 2 aromatic rings. The van der Waals surface area contributed by atoms with Crippen LogP contribution < -0.4 is 0 Å². The molecule has 1 aliphatic heterocycles. The number of carbonyl (C=O) groups excluding carboxylic acids is 1. The Kier molecular flexibility index (Phi) is 5.64. The topological polar surface area (TPSA) is 47.4 Å². The summed E-state index contributed by atoms with van der Waals surface area (Å²) < 4.78 is 7.12. The van der Waals surface area contributed by atoms with Crippen LogP contribution in [0.5, 0.6) is 0 Å². The van der Waals surface area contributed by atoms with Gasteiger partial charge in [-0.1, -0.05) is 18.6 Å². The van der Waals surface area contributed by atoms with Crippen LogP contribution in [-0.2, 0) is 16.1 Å². The van der Waals surface area contributed by atoms with Crippen LogP contribution in [0.4, 0.5) is 0 Å². The molecule has 1 atom stereocenters. The second-order valence-electron chi connectivity index (χ2n) is 6.27. The third kappa shape index (κ3) is 4.23. The number of piperidine rings is 1. The number of benzene rings is 1. The van der Waals surface area contributed by atoms with E-state index in [9.17, 15) is 4.79 Å². The number of ether oxygens (including phenoxy) is 1. The minimum Gasteiger partial charge on any atom is -0.466 e. The lowest BCUT2D eigenvalue weighted by atomic mass is 9.98. The van der Waals surface area contributed by atoms with E-state index in [1.54, 1.807) is 12.5 Å². The van der Waals surface area contributed by atoms with Crippen LogP contribution in [0, 0.1) is 0 Å². The molecular formula is C19H25N3O2. The highest BCUT2D eigenvalue weighted by atomic mass is 16.5. The van der Waals surface area contributed by atoms with Crippen LogP contribution in [0.2, 0.25) is 0 Å². The lowest BCUT2D eigenvalue weighted by Crippen LogP contribution is -2.40. The maximum absolute atomic E-state index is 11.8. The van der Waals surface area contributed by atoms with E-state index in [0.29, 0.717) is 19.1 Å². The van der Waals surface area contributed by atoms with Crippen molar-refractivity contribution >= 4 is 5.97 Å². The summed E-state index contributed by atoms with van der Waals surface area (Å²) in [6.45, 7) is 4.25. The van der Waals surface area contributed by atoms with Crippen LogP contribution in [-0.4, -0.2) is 39.6 Å². The van der Waals surface area contributed by atoms with E-state index in [1.165, 1.54) is 18.4 Å². The van der Waals surface area contributed by atoms with Crippen molar-refractivity contribution in [3.05, 3.63) is 48.5 Å². The average molecular weight is 327 g/mol. The quantitative estimate of drug-likeness (QED) is 0.765. The SMILES string of the molecule is CCOC(=O)C[C@@H]1CCCCN1Cc1ccc(-n2ccnc2)cc1. The highest BCUT2D eigenvalue weighted by Gasteiger charge is 2.25. The molecule has 1 aromatic heterocycles. The first-order valence-corrected chi connectivity index (χ1v) is 8.73. The summed E-state index contributed by atoms with van der Waals surface area (Å²) in [5.41, 5.74) is 2.38. The van der Waals surface area contributed by atoms with Gasteiger partial charge in [0.15, 0.2) is 0 Å². The van der Waals surface area contributed by atoms with Gasteiger partial charge in [-0.25, -0.2) is 4.98 Å². The highest BCUT2D eigenvalue weighted by molar-refractivity contribution is 5.70. The number of esters is 1. The average Bonchev–Trinajstić information content (AvgIpc) is 3.12. The third-order valence-corrected chi connectivity index (χ3v) is 4.58. The van der Waals surface area contributed by atoms with Gasteiger partial charge in [0.25, 0.3) is 0 Å². The minimum atomic E-state index is -0.0788. The minimum absolute atomic E-state index is 0.0788. The van der Waals surface area contributed by atoms with E-state index in [0.717, 1.165) is 25.2 Å². The molecule has 0 radical (unpaired) electrons. The molecule has 1 aliphatic rings. The van der Waals surface area contributed by atoms with E-state index in [-0.39, 0.29) is 5.97 Å². The molecule has 1 fully saturated rings. The first kappa shape index (κ1) is 16.7. The van der Waals surface area contributed by atoms with Gasteiger partial charge in [-0.3, -0.25) is 9.69 Å². The Labute approximate surface area is 143 Å². The fourth-order valence-corrected chi connectivity index (χ4v) is 3.33. The van der Waals surface area contributed by atoms with Crippen molar-refractivity contribution in [2.45, 2.75) is 45.2 Å². The predicted octanol–water partition coefficient (Wildman–Crippen LogP) is 3.18. The molecule has 24 heavy (non-hydrogen) atoms. The predicted molar refractivity (Wildman–Crippen MR) is 92.9 cm³/mol. The summed E-state index contributed by atoms with van der Waals surface area (Å²) in [6, 6.07) is 8.84. The lowest BCUT2D eigenvalue weighted by Gasteiger charge is -2.35. The van der Waals surface area contributed by atoms with E-state index in [2.05, 4.69) is 34.1 Å². The first-order valence-electron chi connectivity index (χ1n) is 8.73. The van der Waals surface area contributed by atoms with Gasteiger partial charge in [-0.15, -0.1) is 0 Å². The van der Waals surface area contributed by atoms with Crippen LogP contribution >= 0.6 is 0 Å². The Morgan fingerprint density at radius 1 is 1.29 bits per heavy atom. The Morgan fingerprint density at radius 3 is 2.83 bits per heavy atom. The monoisotopic (exact) mass is 327 g/mol. The molecule has 0 unspecified atom stereocenters. The number of aromatic nitrogens is 2. The van der Waals surface area contributed by atoms with Gasteiger partial charge in [0, 0.05) is 30.7 Å². The molecule has 1 saturated heterocycles. The van der Waals surface area contributed by atoms with Gasteiger partial charge in [0.1, 0.15) is 0 Å². The van der Waals surface area contributed by atoms with Crippen molar-refractivity contribution < 1.29 is 9.53 Å². The van der Waals surface area contributed by atoms with Gasteiger partial charge < -0.3 is 9.30 Å². The van der Waals surface area contributed by atoms with E-state index in [1.807, 2.05) is 17.7 Å². The summed E-state index contributed by atoms with van der Waals surface area (Å²) in [4.78, 5) is 18.3. The van der Waals surface area contributed by atoms with Crippen LogP contribution in [0.3, 0.4) is 0 Å². The van der Waals surface area contributed by atoms with Crippen LogP contribution in [0.25, 0.3) is 5.69 Å². The second-order valence-corrected chi connectivity index (χ2v) is 6.27.